The van der Waals surface area contributed by atoms with Gasteiger partial charge in [0.25, 0.3) is 5.56 Å². The van der Waals surface area contributed by atoms with Crippen LogP contribution < -0.4 is 10.6 Å². The molecule has 1 fully saturated rings. The van der Waals surface area contributed by atoms with E-state index in [0.29, 0.717) is 5.65 Å². The lowest BCUT2D eigenvalue weighted by molar-refractivity contribution is 0.656. The van der Waals surface area contributed by atoms with Crippen molar-refractivity contribution in [2.75, 3.05) is 18.1 Å². The SMILES string of the molecule is O=c1ccc2cncnc2n1N1CCCC1. The van der Waals surface area contributed by atoms with E-state index in [-0.39, 0.29) is 5.56 Å². The zero-order chi connectivity index (χ0) is 11.0. The molecule has 2 aromatic rings. The fourth-order valence-electron chi connectivity index (χ4n) is 2.14. The van der Waals surface area contributed by atoms with E-state index in [4.69, 9.17) is 0 Å². The number of hydrogen-bond acceptors (Lipinski definition) is 4. The van der Waals surface area contributed by atoms with Crippen molar-refractivity contribution >= 4 is 11.0 Å². The number of pyridine rings is 1. The average molecular weight is 216 g/mol. The lowest BCUT2D eigenvalue weighted by Crippen LogP contribution is -2.40. The molecule has 2 aromatic heterocycles. The summed E-state index contributed by atoms with van der Waals surface area (Å²) < 4.78 is 1.67. The third-order valence-corrected chi connectivity index (χ3v) is 2.90. The van der Waals surface area contributed by atoms with Crippen molar-refractivity contribution in [1.82, 2.24) is 14.6 Å². The molecule has 0 aromatic carbocycles. The van der Waals surface area contributed by atoms with Gasteiger partial charge in [-0.2, -0.15) is 0 Å². The summed E-state index contributed by atoms with van der Waals surface area (Å²) in [5, 5.41) is 2.95. The van der Waals surface area contributed by atoms with Crippen LogP contribution >= 0.6 is 0 Å². The highest BCUT2D eigenvalue weighted by atomic mass is 16.1. The number of aromatic nitrogens is 3. The maximum Gasteiger partial charge on any atom is 0.270 e. The van der Waals surface area contributed by atoms with Crippen LogP contribution in [0.4, 0.5) is 0 Å². The van der Waals surface area contributed by atoms with E-state index in [1.807, 2.05) is 0 Å². The van der Waals surface area contributed by atoms with Gasteiger partial charge in [0.2, 0.25) is 0 Å². The van der Waals surface area contributed by atoms with E-state index in [2.05, 4.69) is 15.0 Å². The van der Waals surface area contributed by atoms with Crippen LogP contribution in [0, 0.1) is 0 Å². The molecule has 0 N–H and O–H groups in total. The Hall–Kier alpha value is -1.91. The van der Waals surface area contributed by atoms with Crippen molar-refractivity contribution in [2.24, 2.45) is 0 Å². The highest BCUT2D eigenvalue weighted by molar-refractivity contribution is 5.73. The smallest absolute Gasteiger partial charge is 0.270 e. The predicted molar refractivity (Wildman–Crippen MR) is 61.0 cm³/mol. The normalized spacial score (nSPS) is 15.9. The Morgan fingerprint density at radius 1 is 1.19 bits per heavy atom. The van der Waals surface area contributed by atoms with Crippen LogP contribution in [0.3, 0.4) is 0 Å². The topological polar surface area (TPSA) is 51.0 Å². The first-order valence-corrected chi connectivity index (χ1v) is 5.43. The van der Waals surface area contributed by atoms with Crippen LogP contribution in [-0.4, -0.2) is 27.7 Å². The summed E-state index contributed by atoms with van der Waals surface area (Å²) >= 11 is 0. The molecular weight excluding hydrogens is 204 g/mol. The molecule has 0 spiro atoms. The molecule has 0 atom stereocenters. The largest absolute Gasteiger partial charge is 0.308 e. The average Bonchev–Trinajstić information content (AvgIpc) is 2.82. The van der Waals surface area contributed by atoms with Crippen molar-refractivity contribution in [3.05, 3.63) is 35.0 Å². The molecule has 0 aliphatic carbocycles. The Bertz CT molecular complexity index is 571. The van der Waals surface area contributed by atoms with Crippen LogP contribution in [0.1, 0.15) is 12.8 Å². The minimum Gasteiger partial charge on any atom is -0.308 e. The van der Waals surface area contributed by atoms with Crippen LogP contribution in [0.2, 0.25) is 0 Å². The maximum atomic E-state index is 11.9. The standard InChI is InChI=1S/C11H12N4O/c16-10-4-3-9-7-12-8-13-11(9)15(10)14-5-1-2-6-14/h3-4,7-8H,1-2,5-6H2. The molecular formula is C11H12N4O. The van der Waals surface area contributed by atoms with E-state index in [0.717, 1.165) is 31.3 Å². The zero-order valence-corrected chi connectivity index (χ0v) is 8.83. The predicted octanol–water partition coefficient (Wildman–Crippen LogP) is 0.523. The molecule has 82 valence electrons. The van der Waals surface area contributed by atoms with Gasteiger partial charge >= 0.3 is 0 Å². The maximum absolute atomic E-state index is 11.9. The van der Waals surface area contributed by atoms with Crippen LogP contribution in [0.25, 0.3) is 11.0 Å². The van der Waals surface area contributed by atoms with Gasteiger partial charge in [-0.3, -0.25) is 4.79 Å². The summed E-state index contributed by atoms with van der Waals surface area (Å²) in [6, 6.07) is 3.34. The van der Waals surface area contributed by atoms with Gasteiger partial charge in [0.1, 0.15) is 6.33 Å². The molecule has 0 saturated carbocycles. The van der Waals surface area contributed by atoms with Gasteiger partial charge in [-0.05, 0) is 18.9 Å². The van der Waals surface area contributed by atoms with Crippen LogP contribution in [0.15, 0.2) is 29.5 Å². The molecule has 3 heterocycles. The second-order valence-electron chi connectivity index (χ2n) is 3.95. The Balaban J connectivity index is 2.27. The lowest BCUT2D eigenvalue weighted by atomic mass is 10.3. The first-order chi connectivity index (χ1) is 7.86. The van der Waals surface area contributed by atoms with Crippen molar-refractivity contribution in [3.8, 4) is 0 Å². The number of fused-ring (bicyclic) bond motifs is 1. The highest BCUT2D eigenvalue weighted by Gasteiger charge is 2.15. The quantitative estimate of drug-likeness (QED) is 0.697. The second-order valence-corrected chi connectivity index (χ2v) is 3.95. The molecule has 0 bridgehead atoms. The molecule has 16 heavy (non-hydrogen) atoms. The second kappa shape index (κ2) is 3.59. The number of rotatable bonds is 1. The molecule has 0 amide bonds. The first-order valence-electron chi connectivity index (χ1n) is 5.43. The molecule has 1 aliphatic heterocycles. The summed E-state index contributed by atoms with van der Waals surface area (Å²) in [5.41, 5.74) is 0.678. The van der Waals surface area contributed by atoms with Crippen LogP contribution in [-0.2, 0) is 0 Å². The molecule has 3 rings (SSSR count). The highest BCUT2D eigenvalue weighted by Crippen LogP contribution is 2.11. The van der Waals surface area contributed by atoms with Crippen molar-refractivity contribution < 1.29 is 0 Å². The first kappa shape index (κ1) is 9.33. The molecule has 0 radical (unpaired) electrons. The minimum atomic E-state index is -0.0203. The molecule has 1 saturated heterocycles. The minimum absolute atomic E-state index is 0.0203. The lowest BCUT2D eigenvalue weighted by Gasteiger charge is -2.21. The third-order valence-electron chi connectivity index (χ3n) is 2.90. The molecule has 5 heteroatoms. The Kier molecular flexibility index (Phi) is 2.09. The Labute approximate surface area is 92.3 Å². The van der Waals surface area contributed by atoms with Gasteiger partial charge in [-0.25, -0.2) is 14.6 Å². The molecule has 5 nitrogen and oxygen atoms in total. The van der Waals surface area contributed by atoms with E-state index in [9.17, 15) is 4.79 Å². The van der Waals surface area contributed by atoms with Gasteiger partial charge in [0.05, 0.1) is 0 Å². The summed E-state index contributed by atoms with van der Waals surface area (Å²) in [4.78, 5) is 20.0. The van der Waals surface area contributed by atoms with Crippen molar-refractivity contribution in [2.45, 2.75) is 12.8 Å². The van der Waals surface area contributed by atoms with Crippen LogP contribution in [0.5, 0.6) is 0 Å². The third kappa shape index (κ3) is 1.36. The van der Waals surface area contributed by atoms with Gasteiger partial charge in [-0.15, -0.1) is 0 Å². The summed E-state index contributed by atoms with van der Waals surface area (Å²) in [6.45, 7) is 1.84. The number of hydrogen-bond donors (Lipinski definition) is 0. The summed E-state index contributed by atoms with van der Waals surface area (Å²) in [5.74, 6) is 0. The van der Waals surface area contributed by atoms with E-state index < -0.39 is 0 Å². The fraction of sp³-hybridized carbons (Fsp3) is 0.364. The summed E-state index contributed by atoms with van der Waals surface area (Å²) in [7, 11) is 0. The summed E-state index contributed by atoms with van der Waals surface area (Å²) in [6.07, 6.45) is 5.48. The zero-order valence-electron chi connectivity index (χ0n) is 8.83. The molecule has 1 aliphatic rings. The van der Waals surface area contributed by atoms with E-state index in [1.54, 1.807) is 23.0 Å². The fourth-order valence-corrected chi connectivity index (χ4v) is 2.14. The van der Waals surface area contributed by atoms with Crippen molar-refractivity contribution in [3.63, 3.8) is 0 Å². The Morgan fingerprint density at radius 3 is 2.81 bits per heavy atom. The van der Waals surface area contributed by atoms with Gasteiger partial charge in [-0.1, -0.05) is 0 Å². The van der Waals surface area contributed by atoms with Crippen molar-refractivity contribution in [1.29, 1.82) is 0 Å². The van der Waals surface area contributed by atoms with Gasteiger partial charge < -0.3 is 5.01 Å². The molecule has 0 unspecified atom stereocenters. The van der Waals surface area contributed by atoms with E-state index in [1.165, 1.54) is 6.33 Å². The van der Waals surface area contributed by atoms with Gasteiger partial charge in [0, 0.05) is 30.7 Å². The van der Waals surface area contributed by atoms with Gasteiger partial charge in [0.15, 0.2) is 5.65 Å². The monoisotopic (exact) mass is 216 g/mol. The van der Waals surface area contributed by atoms with E-state index >= 15 is 0 Å². The number of nitrogens with zero attached hydrogens (tertiary/aromatic N) is 4. The Morgan fingerprint density at radius 2 is 2.00 bits per heavy atom.